The molecule has 0 aliphatic carbocycles. The van der Waals surface area contributed by atoms with Gasteiger partial charge in [-0.25, -0.2) is 8.42 Å². The van der Waals surface area contributed by atoms with E-state index in [-0.39, 0.29) is 11.8 Å². The van der Waals surface area contributed by atoms with Gasteiger partial charge in [0.05, 0.1) is 19.0 Å². The predicted molar refractivity (Wildman–Crippen MR) is 82.4 cm³/mol. The first-order chi connectivity index (χ1) is 9.49. The second kappa shape index (κ2) is 6.80. The van der Waals surface area contributed by atoms with Crippen molar-refractivity contribution in [1.82, 2.24) is 4.31 Å². The quantitative estimate of drug-likeness (QED) is 0.657. The maximum atomic E-state index is 12.3. The normalized spacial score (nSPS) is 20.9. The number of hydrogen-bond acceptors (Lipinski definition) is 5. The number of benzene rings is 1. The molecule has 1 aliphatic rings. The second-order valence-corrected chi connectivity index (χ2v) is 7.98. The number of nitrogen functional groups attached to an aromatic ring is 1. The fourth-order valence-corrected chi connectivity index (χ4v) is 5.01. The van der Waals surface area contributed by atoms with Crippen molar-refractivity contribution in [3.05, 3.63) is 24.3 Å². The molecule has 112 valence electrons. The molecule has 0 aromatic heterocycles. The standard InChI is InChI=1S/C13H20N2O3S2/c1-11-10-18-7-6-15(11)20(16,17)9-8-19-13-4-2-12(14)3-5-13/h2-5,11H,6-10,14H2,1H3. The van der Waals surface area contributed by atoms with Crippen molar-refractivity contribution in [2.45, 2.75) is 17.9 Å². The van der Waals surface area contributed by atoms with Crippen LogP contribution in [0.15, 0.2) is 29.2 Å². The van der Waals surface area contributed by atoms with E-state index >= 15 is 0 Å². The molecule has 1 atom stereocenters. The molecular formula is C13H20N2O3S2. The van der Waals surface area contributed by atoms with Gasteiger partial charge in [0, 0.05) is 28.9 Å². The van der Waals surface area contributed by atoms with Crippen LogP contribution in [0.3, 0.4) is 0 Å². The molecule has 5 nitrogen and oxygen atoms in total. The van der Waals surface area contributed by atoms with E-state index in [1.54, 1.807) is 4.31 Å². The lowest BCUT2D eigenvalue weighted by Crippen LogP contribution is -2.48. The van der Waals surface area contributed by atoms with Crippen LogP contribution in [0.4, 0.5) is 5.69 Å². The summed E-state index contributed by atoms with van der Waals surface area (Å²) in [5, 5.41) is 0. The van der Waals surface area contributed by atoms with Gasteiger partial charge in [-0.05, 0) is 31.2 Å². The van der Waals surface area contributed by atoms with Crippen LogP contribution in [0.25, 0.3) is 0 Å². The van der Waals surface area contributed by atoms with Crippen LogP contribution < -0.4 is 5.73 Å². The molecule has 1 heterocycles. The van der Waals surface area contributed by atoms with Gasteiger partial charge in [0.2, 0.25) is 10.0 Å². The summed E-state index contributed by atoms with van der Waals surface area (Å²) < 4.78 is 31.4. The Morgan fingerprint density at radius 1 is 1.40 bits per heavy atom. The van der Waals surface area contributed by atoms with Crippen molar-refractivity contribution in [2.75, 3.05) is 37.0 Å². The SMILES string of the molecule is CC1COCCN1S(=O)(=O)CCSc1ccc(N)cc1. The first kappa shape index (κ1) is 15.6. The highest BCUT2D eigenvalue weighted by Gasteiger charge is 2.29. The highest BCUT2D eigenvalue weighted by Crippen LogP contribution is 2.21. The highest BCUT2D eigenvalue weighted by molar-refractivity contribution is 8.00. The number of morpholine rings is 1. The van der Waals surface area contributed by atoms with E-state index in [0.29, 0.717) is 31.2 Å². The van der Waals surface area contributed by atoms with Crippen LogP contribution in [-0.2, 0) is 14.8 Å². The Labute approximate surface area is 124 Å². The lowest BCUT2D eigenvalue weighted by molar-refractivity contribution is 0.0393. The number of hydrogen-bond donors (Lipinski definition) is 1. The van der Waals surface area contributed by atoms with Crippen molar-refractivity contribution in [3.63, 3.8) is 0 Å². The first-order valence-electron chi connectivity index (χ1n) is 6.54. The molecule has 0 bridgehead atoms. The van der Waals surface area contributed by atoms with E-state index in [4.69, 9.17) is 10.5 Å². The van der Waals surface area contributed by atoms with E-state index in [9.17, 15) is 8.42 Å². The number of nitrogens with zero attached hydrogens (tertiary/aromatic N) is 1. The van der Waals surface area contributed by atoms with E-state index in [1.807, 2.05) is 31.2 Å². The molecule has 20 heavy (non-hydrogen) atoms. The maximum Gasteiger partial charge on any atom is 0.215 e. The van der Waals surface area contributed by atoms with Gasteiger partial charge < -0.3 is 10.5 Å². The molecule has 0 amide bonds. The van der Waals surface area contributed by atoms with Crippen molar-refractivity contribution >= 4 is 27.5 Å². The maximum absolute atomic E-state index is 12.3. The molecule has 2 rings (SSSR count). The second-order valence-electron chi connectivity index (χ2n) is 4.77. The Morgan fingerprint density at radius 3 is 2.75 bits per heavy atom. The summed E-state index contributed by atoms with van der Waals surface area (Å²) in [6.45, 7) is 3.29. The summed E-state index contributed by atoms with van der Waals surface area (Å²) in [5.74, 6) is 0.683. The van der Waals surface area contributed by atoms with Gasteiger partial charge in [-0.3, -0.25) is 0 Å². The number of nitrogens with two attached hydrogens (primary N) is 1. The van der Waals surface area contributed by atoms with Gasteiger partial charge in [0.25, 0.3) is 0 Å². The monoisotopic (exact) mass is 316 g/mol. The molecule has 1 aromatic carbocycles. The molecule has 0 spiro atoms. The topological polar surface area (TPSA) is 72.6 Å². The zero-order chi connectivity index (χ0) is 14.6. The lowest BCUT2D eigenvalue weighted by atomic mass is 10.3. The third-order valence-corrected chi connectivity index (χ3v) is 6.40. The zero-order valence-electron chi connectivity index (χ0n) is 11.5. The number of thioether (sulfide) groups is 1. The third kappa shape index (κ3) is 4.12. The van der Waals surface area contributed by atoms with Crippen LogP contribution in [0, 0.1) is 0 Å². The predicted octanol–water partition coefficient (Wildman–Crippen LogP) is 1.41. The summed E-state index contributed by atoms with van der Waals surface area (Å²) in [6.07, 6.45) is 0. The minimum atomic E-state index is -3.20. The van der Waals surface area contributed by atoms with E-state index in [1.165, 1.54) is 11.8 Å². The Balaban J connectivity index is 1.87. The van der Waals surface area contributed by atoms with E-state index in [2.05, 4.69) is 0 Å². The Kier molecular flexibility index (Phi) is 5.31. The number of anilines is 1. The molecule has 2 N–H and O–H groups in total. The Hall–Kier alpha value is -0.760. The molecule has 0 radical (unpaired) electrons. The van der Waals surface area contributed by atoms with Crippen LogP contribution >= 0.6 is 11.8 Å². The van der Waals surface area contributed by atoms with E-state index in [0.717, 1.165) is 4.90 Å². The molecule has 7 heteroatoms. The summed E-state index contributed by atoms with van der Waals surface area (Å²) in [7, 11) is -3.20. The average Bonchev–Trinajstić information content (AvgIpc) is 2.41. The van der Waals surface area contributed by atoms with Crippen molar-refractivity contribution < 1.29 is 13.2 Å². The molecule has 1 unspecified atom stereocenters. The smallest absolute Gasteiger partial charge is 0.215 e. The van der Waals surface area contributed by atoms with Crippen LogP contribution in [-0.4, -0.2) is 50.0 Å². The van der Waals surface area contributed by atoms with Crippen LogP contribution in [0.1, 0.15) is 6.92 Å². The van der Waals surface area contributed by atoms with Gasteiger partial charge >= 0.3 is 0 Å². The van der Waals surface area contributed by atoms with Crippen molar-refractivity contribution in [3.8, 4) is 0 Å². The zero-order valence-corrected chi connectivity index (χ0v) is 13.1. The van der Waals surface area contributed by atoms with Crippen molar-refractivity contribution in [1.29, 1.82) is 0 Å². The van der Waals surface area contributed by atoms with Gasteiger partial charge in [-0.15, -0.1) is 11.8 Å². The lowest BCUT2D eigenvalue weighted by Gasteiger charge is -2.32. The molecule has 1 fully saturated rings. The first-order valence-corrected chi connectivity index (χ1v) is 9.14. The average molecular weight is 316 g/mol. The molecule has 0 saturated carbocycles. The molecular weight excluding hydrogens is 296 g/mol. The minimum absolute atomic E-state index is 0.0738. The summed E-state index contributed by atoms with van der Waals surface area (Å²) in [4.78, 5) is 1.03. The van der Waals surface area contributed by atoms with Gasteiger partial charge in [-0.2, -0.15) is 4.31 Å². The molecule has 1 aromatic rings. The van der Waals surface area contributed by atoms with Gasteiger partial charge in [-0.1, -0.05) is 0 Å². The minimum Gasteiger partial charge on any atom is -0.399 e. The number of rotatable bonds is 5. The summed E-state index contributed by atoms with van der Waals surface area (Å²) >= 11 is 1.53. The van der Waals surface area contributed by atoms with Crippen LogP contribution in [0.2, 0.25) is 0 Å². The molecule has 1 aliphatic heterocycles. The largest absolute Gasteiger partial charge is 0.399 e. The van der Waals surface area contributed by atoms with Gasteiger partial charge in [0.1, 0.15) is 0 Å². The fraction of sp³-hybridized carbons (Fsp3) is 0.538. The highest BCUT2D eigenvalue weighted by atomic mass is 32.2. The van der Waals surface area contributed by atoms with E-state index < -0.39 is 10.0 Å². The number of sulfonamides is 1. The number of ether oxygens (including phenoxy) is 1. The Morgan fingerprint density at radius 2 is 2.10 bits per heavy atom. The Bertz CT molecular complexity index is 531. The molecule has 1 saturated heterocycles. The fourth-order valence-electron chi connectivity index (χ4n) is 2.07. The summed E-state index contributed by atoms with van der Waals surface area (Å²) in [5.41, 5.74) is 6.33. The third-order valence-electron chi connectivity index (χ3n) is 3.15. The van der Waals surface area contributed by atoms with Gasteiger partial charge in [0.15, 0.2) is 0 Å². The van der Waals surface area contributed by atoms with Crippen LogP contribution in [0.5, 0.6) is 0 Å². The van der Waals surface area contributed by atoms with Crippen molar-refractivity contribution in [2.24, 2.45) is 0 Å². The summed E-state index contributed by atoms with van der Waals surface area (Å²) in [6, 6.07) is 7.38.